The molecule has 0 spiro atoms. The van der Waals surface area contributed by atoms with Gasteiger partial charge in [0, 0.05) is 43.8 Å². The molecule has 0 fully saturated rings. The number of aromatic hydroxyl groups is 2. The van der Waals surface area contributed by atoms with E-state index < -0.39 is 11.6 Å². The van der Waals surface area contributed by atoms with E-state index in [4.69, 9.17) is 9.47 Å². The van der Waals surface area contributed by atoms with Gasteiger partial charge in [-0.15, -0.1) is 0 Å². The van der Waals surface area contributed by atoms with Crippen molar-refractivity contribution in [1.29, 1.82) is 0 Å². The van der Waals surface area contributed by atoms with Crippen molar-refractivity contribution in [3.63, 3.8) is 0 Å². The summed E-state index contributed by atoms with van der Waals surface area (Å²) >= 11 is 0. The highest BCUT2D eigenvalue weighted by molar-refractivity contribution is 6.11. The second-order valence-corrected chi connectivity index (χ2v) is 34.3. The zero-order chi connectivity index (χ0) is 67.4. The lowest BCUT2D eigenvalue weighted by atomic mass is 9.71. The van der Waals surface area contributed by atoms with Crippen molar-refractivity contribution in [3.8, 4) is 56.6 Å². The SMILES string of the molecule is CC(C)(C)CC(C)(C)c1cc(-c2cc(F)ccc2OCCCCOc2ccc(F)cc2-c2cc(C(C)(C)CC(C)(C)C)cc(-n3c4cc(C(C)(C)C)ccc4c4ccc(C(C)(C)C)cc43)c2O)c(O)c(-n2c3cc(C(C)(C)C)ccc3c3ccc(C(C)(C)C)cc32)c1. The molecule has 2 heterocycles. The molecule has 0 amide bonds. The average Bonchev–Trinajstić information content (AvgIpc) is 1.54. The van der Waals surface area contributed by atoms with Crippen LogP contribution in [0.15, 0.2) is 133 Å². The molecular weight excluding hydrogens is 1140 g/mol. The standard InChI is InChI=1S/C84H102F2N2O4/c1-77(2,3)49-83(19,20)55-39-65(75(89)71(45-55)87-67-41-51(79(7,8)9)25-31-59(67)60-32-26-52(42-68(60)87)80(10,11)12)63-47-57(85)29-35-73(63)91-37-23-24-38-92-74-36-30-58(86)48-64(74)66-40-56(84(21,22)50-78(4,5)6)46-72(76(66)90)88-69-43-53(81(13,14)15)27-33-61(69)62-34-28-54(44-70(62)88)82(16,17)18/h25-36,39-48,89-90H,23-24,37-38,49-50H2,1-22H3. The molecule has 8 aromatic carbocycles. The molecule has 92 heavy (non-hydrogen) atoms. The van der Waals surface area contributed by atoms with Crippen LogP contribution in [0.3, 0.4) is 0 Å². The van der Waals surface area contributed by atoms with Crippen LogP contribution in [0.25, 0.3) is 77.2 Å². The molecule has 2 aromatic heterocycles. The molecule has 486 valence electrons. The number of hydrogen-bond donors (Lipinski definition) is 2. The zero-order valence-corrected chi connectivity index (χ0v) is 59.3. The van der Waals surface area contributed by atoms with Gasteiger partial charge in [-0.25, -0.2) is 8.78 Å². The van der Waals surface area contributed by atoms with Gasteiger partial charge >= 0.3 is 0 Å². The highest BCUT2D eigenvalue weighted by atomic mass is 19.1. The third-order valence-electron chi connectivity index (χ3n) is 18.7. The first-order valence-corrected chi connectivity index (χ1v) is 33.3. The van der Waals surface area contributed by atoms with Gasteiger partial charge in [0.05, 0.1) is 46.7 Å². The summed E-state index contributed by atoms with van der Waals surface area (Å²) in [4.78, 5) is 0. The summed E-state index contributed by atoms with van der Waals surface area (Å²) in [5.41, 5.74) is 12.4. The van der Waals surface area contributed by atoms with Crippen LogP contribution in [0.1, 0.15) is 211 Å². The molecule has 0 saturated carbocycles. The molecule has 6 nitrogen and oxygen atoms in total. The number of hydrogen-bond acceptors (Lipinski definition) is 4. The van der Waals surface area contributed by atoms with E-state index >= 15 is 8.78 Å². The van der Waals surface area contributed by atoms with Crippen LogP contribution >= 0.6 is 0 Å². The molecule has 2 N–H and O–H groups in total. The smallest absolute Gasteiger partial charge is 0.147 e. The number of nitrogens with zero attached hydrogens (tertiary/aromatic N) is 2. The highest BCUT2D eigenvalue weighted by Gasteiger charge is 2.34. The van der Waals surface area contributed by atoms with Gasteiger partial charge in [0.25, 0.3) is 0 Å². The van der Waals surface area contributed by atoms with Crippen molar-refractivity contribution in [2.75, 3.05) is 13.2 Å². The Morgan fingerprint density at radius 1 is 0.326 bits per heavy atom. The molecule has 10 aromatic rings. The Balaban J connectivity index is 1.01. The summed E-state index contributed by atoms with van der Waals surface area (Å²) in [5, 5.41) is 30.5. The fourth-order valence-corrected chi connectivity index (χ4v) is 14.3. The van der Waals surface area contributed by atoms with Crippen LogP contribution < -0.4 is 9.47 Å². The number of phenols is 2. The number of unbranched alkanes of at least 4 members (excludes halogenated alkanes) is 1. The van der Waals surface area contributed by atoms with Crippen LogP contribution in [-0.2, 0) is 32.5 Å². The monoisotopic (exact) mass is 1240 g/mol. The van der Waals surface area contributed by atoms with Crippen molar-refractivity contribution in [2.45, 2.75) is 210 Å². The van der Waals surface area contributed by atoms with Gasteiger partial charge in [0.2, 0.25) is 0 Å². The third kappa shape index (κ3) is 13.7. The van der Waals surface area contributed by atoms with Gasteiger partial charge in [-0.2, -0.15) is 0 Å². The van der Waals surface area contributed by atoms with Gasteiger partial charge < -0.3 is 28.8 Å². The van der Waals surface area contributed by atoms with Crippen molar-refractivity contribution in [2.24, 2.45) is 10.8 Å². The van der Waals surface area contributed by atoms with Crippen LogP contribution in [0.2, 0.25) is 0 Å². The number of phenolic OH excluding ortho intramolecular Hbond substituents is 2. The van der Waals surface area contributed by atoms with Gasteiger partial charge in [-0.3, -0.25) is 0 Å². The van der Waals surface area contributed by atoms with E-state index in [9.17, 15) is 10.2 Å². The first-order chi connectivity index (χ1) is 42.5. The molecule has 8 heteroatoms. The molecule has 0 unspecified atom stereocenters. The molecule has 0 aliphatic heterocycles. The summed E-state index contributed by atoms with van der Waals surface area (Å²) in [6, 6.07) is 44.2. The lowest BCUT2D eigenvalue weighted by Crippen LogP contribution is -2.25. The number of ether oxygens (including phenoxy) is 2. The molecule has 10 rings (SSSR count). The van der Waals surface area contributed by atoms with Gasteiger partial charge in [0.15, 0.2) is 0 Å². The normalized spacial score (nSPS) is 13.3. The fourth-order valence-electron chi connectivity index (χ4n) is 14.3. The lowest BCUT2D eigenvalue weighted by molar-refractivity contribution is 0.267. The lowest BCUT2D eigenvalue weighted by Gasteiger charge is -2.34. The second-order valence-electron chi connectivity index (χ2n) is 34.3. The predicted octanol–water partition coefficient (Wildman–Crippen LogP) is 23.8. The van der Waals surface area contributed by atoms with Crippen LogP contribution in [0.5, 0.6) is 23.0 Å². The minimum absolute atomic E-state index is 0.0289. The Labute approximate surface area is 548 Å². The van der Waals surface area contributed by atoms with Crippen molar-refractivity contribution in [1.82, 2.24) is 9.13 Å². The molecule has 0 saturated heterocycles. The third-order valence-corrected chi connectivity index (χ3v) is 18.7. The first kappa shape index (κ1) is 67.3. The quantitative estimate of drug-likeness (QED) is 0.100. The molecule has 0 bridgehead atoms. The van der Waals surface area contributed by atoms with Gasteiger partial charge in [0.1, 0.15) is 34.6 Å². The van der Waals surface area contributed by atoms with Gasteiger partial charge in [-0.05, 0) is 187 Å². The van der Waals surface area contributed by atoms with E-state index in [1.165, 1.54) is 46.5 Å². The van der Waals surface area contributed by atoms with Crippen molar-refractivity contribution < 1.29 is 28.5 Å². The second kappa shape index (κ2) is 23.8. The maximum absolute atomic E-state index is 16.0. The Kier molecular flexibility index (Phi) is 17.4. The van der Waals surface area contributed by atoms with Crippen LogP contribution in [0, 0.1) is 22.5 Å². The van der Waals surface area contributed by atoms with Gasteiger partial charge in [-0.1, -0.05) is 201 Å². The zero-order valence-electron chi connectivity index (χ0n) is 59.3. The predicted molar refractivity (Wildman–Crippen MR) is 385 cm³/mol. The number of halogens is 2. The summed E-state index contributed by atoms with van der Waals surface area (Å²) in [6.45, 7) is 49.7. The number of aromatic nitrogens is 2. The Hall–Kier alpha value is -7.58. The minimum Gasteiger partial charge on any atom is -0.505 e. The average molecular weight is 1240 g/mol. The minimum atomic E-state index is -0.446. The summed E-state index contributed by atoms with van der Waals surface area (Å²) < 4.78 is 49.7. The maximum Gasteiger partial charge on any atom is 0.147 e. The molecular formula is C84H102F2N2O4. The van der Waals surface area contributed by atoms with Crippen LogP contribution in [0.4, 0.5) is 8.78 Å². The van der Waals surface area contributed by atoms with E-state index in [2.05, 4.69) is 246 Å². The molecule has 0 aliphatic rings. The summed E-state index contributed by atoms with van der Waals surface area (Å²) in [5.74, 6) is 0.0560. The molecule has 0 aliphatic carbocycles. The van der Waals surface area contributed by atoms with E-state index in [1.807, 2.05) is 12.1 Å². The fraction of sp³-hybridized carbons (Fsp3) is 0.429. The highest BCUT2D eigenvalue weighted by Crippen LogP contribution is 2.51. The van der Waals surface area contributed by atoms with E-state index in [0.29, 0.717) is 58.0 Å². The van der Waals surface area contributed by atoms with Crippen molar-refractivity contribution >= 4 is 43.6 Å². The topological polar surface area (TPSA) is 68.8 Å². The Bertz CT molecular complexity index is 4020. The Morgan fingerprint density at radius 2 is 0.609 bits per heavy atom. The number of rotatable bonds is 15. The first-order valence-electron chi connectivity index (χ1n) is 33.3. The van der Waals surface area contributed by atoms with E-state index in [-0.39, 0.29) is 68.0 Å². The van der Waals surface area contributed by atoms with E-state index in [0.717, 1.165) is 67.6 Å². The maximum atomic E-state index is 16.0. The largest absolute Gasteiger partial charge is 0.505 e. The van der Waals surface area contributed by atoms with Crippen molar-refractivity contribution in [3.05, 3.63) is 178 Å². The number of fused-ring (bicyclic) bond motifs is 6. The Morgan fingerprint density at radius 3 is 0.870 bits per heavy atom. The summed E-state index contributed by atoms with van der Waals surface area (Å²) in [7, 11) is 0. The van der Waals surface area contributed by atoms with Crippen LogP contribution in [-0.4, -0.2) is 32.6 Å². The summed E-state index contributed by atoms with van der Waals surface area (Å²) in [6.07, 6.45) is 2.81. The van der Waals surface area contributed by atoms with E-state index in [1.54, 1.807) is 12.1 Å². The molecule has 0 atom stereocenters. The molecule has 0 radical (unpaired) electrons. The number of benzene rings is 8.